The van der Waals surface area contributed by atoms with Crippen molar-refractivity contribution in [3.8, 4) is 0 Å². The Kier molecular flexibility index (Phi) is 3.91. The van der Waals surface area contributed by atoms with Gasteiger partial charge < -0.3 is 3.93 Å². The van der Waals surface area contributed by atoms with Gasteiger partial charge in [0.15, 0.2) is 5.78 Å². The van der Waals surface area contributed by atoms with Crippen LogP contribution in [0.25, 0.3) is 0 Å². The largest absolute Gasteiger partial charge is 0.311 e. The fourth-order valence-corrected chi connectivity index (χ4v) is 5.51. The smallest absolute Gasteiger partial charge is 0.175 e. The lowest BCUT2D eigenvalue weighted by atomic mass is 9.84. The van der Waals surface area contributed by atoms with Gasteiger partial charge in [-0.3, -0.25) is 4.79 Å². The van der Waals surface area contributed by atoms with Crippen LogP contribution in [0.2, 0.25) is 0 Å². The van der Waals surface area contributed by atoms with Crippen LogP contribution in [0.5, 0.6) is 0 Å². The predicted octanol–water partition coefficient (Wildman–Crippen LogP) is 4.42. The van der Waals surface area contributed by atoms with Crippen LogP contribution < -0.4 is 0 Å². The van der Waals surface area contributed by atoms with Gasteiger partial charge in [-0.2, -0.15) is 0 Å². The number of unbranched alkanes of at least 4 members (excludes halogenated alkanes) is 2. The van der Waals surface area contributed by atoms with Crippen molar-refractivity contribution in [2.24, 2.45) is 23.7 Å². The molecular formula is C15H19Br2NO. The van der Waals surface area contributed by atoms with Crippen LogP contribution in [0.3, 0.4) is 0 Å². The molecule has 104 valence electrons. The molecule has 0 spiro atoms. The van der Waals surface area contributed by atoms with E-state index in [0.29, 0.717) is 23.5 Å². The monoisotopic (exact) mass is 387 g/mol. The Morgan fingerprint density at radius 3 is 2.63 bits per heavy atom. The highest BCUT2D eigenvalue weighted by Crippen LogP contribution is 2.57. The molecule has 0 unspecified atom stereocenters. The number of Topliss-reactive ketones (excluding diaryl/α,β-unsaturated/α-hetero) is 1. The predicted molar refractivity (Wildman–Crippen MR) is 83.8 cm³/mol. The number of allylic oxidation sites excluding steroid dienone is 4. The molecule has 0 amide bonds. The Morgan fingerprint density at radius 2 is 1.95 bits per heavy atom. The zero-order chi connectivity index (χ0) is 13.6. The maximum absolute atomic E-state index is 12.4. The van der Waals surface area contributed by atoms with Crippen molar-refractivity contribution in [2.75, 3.05) is 6.54 Å². The number of halogens is 2. The lowest BCUT2D eigenvalue weighted by Gasteiger charge is -2.27. The summed E-state index contributed by atoms with van der Waals surface area (Å²) in [7, 11) is 0. The minimum Gasteiger partial charge on any atom is -0.311 e. The van der Waals surface area contributed by atoms with Crippen molar-refractivity contribution in [3.63, 3.8) is 0 Å². The summed E-state index contributed by atoms with van der Waals surface area (Å²) in [5, 5.41) is 0. The Hall–Kier alpha value is -0.0900. The first kappa shape index (κ1) is 13.9. The summed E-state index contributed by atoms with van der Waals surface area (Å²) < 4.78 is 2.96. The molecule has 0 N–H and O–H groups in total. The third-order valence-corrected chi connectivity index (χ3v) is 6.27. The van der Waals surface area contributed by atoms with E-state index in [2.05, 4.69) is 55.1 Å². The summed E-state index contributed by atoms with van der Waals surface area (Å²) in [6.07, 6.45) is 9.36. The molecule has 3 aliphatic carbocycles. The summed E-state index contributed by atoms with van der Waals surface area (Å²) >= 11 is 7.23. The normalized spacial score (nSPS) is 35.4. The molecule has 1 fully saturated rings. The van der Waals surface area contributed by atoms with Crippen LogP contribution in [0, 0.1) is 23.7 Å². The van der Waals surface area contributed by atoms with Gasteiger partial charge in [0.1, 0.15) is 0 Å². The van der Waals surface area contributed by atoms with Crippen molar-refractivity contribution in [2.45, 2.75) is 32.6 Å². The lowest BCUT2D eigenvalue weighted by Crippen LogP contribution is -2.25. The summed E-state index contributed by atoms with van der Waals surface area (Å²) in [4.78, 5) is 12.4. The van der Waals surface area contributed by atoms with Crippen LogP contribution >= 0.6 is 32.1 Å². The van der Waals surface area contributed by atoms with Gasteiger partial charge >= 0.3 is 0 Å². The van der Waals surface area contributed by atoms with E-state index in [9.17, 15) is 4.79 Å². The maximum atomic E-state index is 12.4. The maximum Gasteiger partial charge on any atom is 0.175 e. The summed E-state index contributed by atoms with van der Waals surface area (Å²) in [6, 6.07) is 0. The first-order valence-corrected chi connectivity index (χ1v) is 8.71. The third kappa shape index (κ3) is 2.15. The zero-order valence-electron chi connectivity index (χ0n) is 11.1. The van der Waals surface area contributed by atoms with E-state index >= 15 is 0 Å². The van der Waals surface area contributed by atoms with E-state index in [0.717, 1.165) is 11.0 Å². The molecule has 3 aliphatic rings. The molecular weight excluding hydrogens is 370 g/mol. The molecule has 4 heteroatoms. The molecule has 0 radical (unpaired) electrons. The number of carbonyl (C=O) groups excluding carboxylic acids is 1. The minimum absolute atomic E-state index is 0.200. The average molecular weight is 389 g/mol. The lowest BCUT2D eigenvalue weighted by molar-refractivity contribution is -0.119. The van der Waals surface area contributed by atoms with Gasteiger partial charge in [0, 0.05) is 40.2 Å². The molecule has 1 saturated carbocycles. The molecule has 0 aliphatic heterocycles. The number of hydrogen-bond donors (Lipinski definition) is 0. The molecule has 0 aromatic heterocycles. The molecule has 0 heterocycles. The van der Waals surface area contributed by atoms with E-state index < -0.39 is 0 Å². The number of nitrogens with zero attached hydrogens (tertiary/aromatic N) is 1. The molecule has 2 bridgehead atoms. The van der Waals surface area contributed by atoms with Gasteiger partial charge in [-0.1, -0.05) is 31.9 Å². The summed E-state index contributed by atoms with van der Waals surface area (Å²) in [6.45, 7) is 3.19. The van der Waals surface area contributed by atoms with Gasteiger partial charge in [-0.15, -0.1) is 0 Å². The summed E-state index contributed by atoms with van der Waals surface area (Å²) in [5.74, 6) is 1.96. The topological polar surface area (TPSA) is 20.3 Å². The van der Waals surface area contributed by atoms with E-state index in [1.165, 1.54) is 31.4 Å². The fourth-order valence-electron chi connectivity index (χ4n) is 3.86. The molecule has 4 atom stereocenters. The molecule has 0 aromatic rings. The molecule has 19 heavy (non-hydrogen) atoms. The van der Waals surface area contributed by atoms with Crippen molar-refractivity contribution in [1.29, 1.82) is 0 Å². The van der Waals surface area contributed by atoms with Crippen LogP contribution in [0.15, 0.2) is 22.3 Å². The number of fused-ring (bicyclic) bond motifs is 5. The first-order valence-electron chi connectivity index (χ1n) is 7.20. The number of ketones is 1. The highest BCUT2D eigenvalue weighted by atomic mass is 79.9. The highest BCUT2D eigenvalue weighted by Gasteiger charge is 2.55. The second-order valence-electron chi connectivity index (χ2n) is 5.86. The van der Waals surface area contributed by atoms with Crippen LogP contribution in [0.1, 0.15) is 32.6 Å². The van der Waals surface area contributed by atoms with Gasteiger partial charge in [0.2, 0.25) is 0 Å². The molecule has 2 nitrogen and oxygen atoms in total. The second-order valence-corrected chi connectivity index (χ2v) is 7.51. The minimum atomic E-state index is 0.200. The van der Waals surface area contributed by atoms with Crippen LogP contribution in [0.4, 0.5) is 0 Å². The Bertz CT molecular complexity index is 457. The van der Waals surface area contributed by atoms with Crippen molar-refractivity contribution >= 4 is 37.9 Å². The van der Waals surface area contributed by atoms with Gasteiger partial charge in [-0.05, 0) is 40.6 Å². The zero-order valence-corrected chi connectivity index (χ0v) is 14.3. The van der Waals surface area contributed by atoms with Gasteiger partial charge in [0.25, 0.3) is 0 Å². The quantitative estimate of drug-likeness (QED) is 0.394. The SMILES string of the molecule is CCCCCN(Br)C1=C(Br)C(=O)[C@H]2[C@@H]1[C@H]1C=C[C@@H]2C1. The molecule has 0 aromatic carbocycles. The third-order valence-electron chi connectivity index (χ3n) is 4.74. The van der Waals surface area contributed by atoms with Crippen molar-refractivity contribution in [1.82, 2.24) is 3.93 Å². The van der Waals surface area contributed by atoms with E-state index in [1.807, 2.05) is 0 Å². The van der Waals surface area contributed by atoms with E-state index in [4.69, 9.17) is 0 Å². The Labute approximate surface area is 131 Å². The highest BCUT2D eigenvalue weighted by molar-refractivity contribution is 9.12. The van der Waals surface area contributed by atoms with E-state index in [-0.39, 0.29) is 5.92 Å². The second kappa shape index (κ2) is 5.36. The van der Waals surface area contributed by atoms with E-state index in [1.54, 1.807) is 0 Å². The summed E-state index contributed by atoms with van der Waals surface area (Å²) in [5.41, 5.74) is 1.20. The average Bonchev–Trinajstić information content (AvgIpc) is 3.04. The van der Waals surface area contributed by atoms with Crippen molar-refractivity contribution in [3.05, 3.63) is 22.3 Å². The van der Waals surface area contributed by atoms with Gasteiger partial charge in [0.05, 0.1) is 4.48 Å². The van der Waals surface area contributed by atoms with Crippen molar-refractivity contribution < 1.29 is 4.79 Å². The number of rotatable bonds is 5. The fraction of sp³-hybridized carbons (Fsp3) is 0.667. The van der Waals surface area contributed by atoms with Crippen LogP contribution in [-0.4, -0.2) is 16.3 Å². The Morgan fingerprint density at radius 1 is 1.26 bits per heavy atom. The molecule has 0 saturated heterocycles. The number of hydrogen-bond acceptors (Lipinski definition) is 2. The first-order chi connectivity index (χ1) is 9.15. The van der Waals surface area contributed by atoms with Crippen LogP contribution in [-0.2, 0) is 4.79 Å². The molecule has 3 rings (SSSR count). The van der Waals surface area contributed by atoms with Gasteiger partial charge in [-0.25, -0.2) is 0 Å². The Balaban J connectivity index is 1.79. The number of carbonyl (C=O) groups is 1. The standard InChI is InChI=1S/C15H19Br2NO/c1-2-3-4-7-18(17)14-11-9-5-6-10(8-9)12(11)15(19)13(14)16/h5-6,9-12H,2-4,7-8H2,1H3/t9-,10+,11-,12+/m0/s1.